The van der Waals surface area contributed by atoms with E-state index < -0.39 is 9.84 Å². The number of benzene rings is 1. The molecular weight excluding hydrogens is 452 g/mol. The van der Waals surface area contributed by atoms with Gasteiger partial charge in [0.15, 0.2) is 26.5 Å². The summed E-state index contributed by atoms with van der Waals surface area (Å²) >= 11 is 1.29. The van der Waals surface area contributed by atoms with Gasteiger partial charge in [-0.2, -0.15) is 0 Å². The zero-order chi connectivity index (χ0) is 22.7. The third-order valence-corrected chi connectivity index (χ3v) is 8.15. The fraction of sp³-hybridized carbons (Fsp3) is 0.476. The summed E-state index contributed by atoms with van der Waals surface area (Å²) in [5, 5.41) is 9.05. The molecule has 0 spiro atoms. The molecule has 0 saturated carbocycles. The predicted octanol–water partition coefficient (Wildman–Crippen LogP) is 1.89. The number of rotatable bonds is 8. The van der Waals surface area contributed by atoms with Gasteiger partial charge < -0.3 is 18.9 Å². The molecule has 0 radical (unpaired) electrons. The third kappa shape index (κ3) is 5.09. The first kappa shape index (κ1) is 22.7. The van der Waals surface area contributed by atoms with Crippen molar-refractivity contribution in [3.8, 4) is 11.5 Å². The Morgan fingerprint density at radius 3 is 2.81 bits per heavy atom. The van der Waals surface area contributed by atoms with Crippen LogP contribution in [-0.2, 0) is 27.7 Å². The highest BCUT2D eigenvalue weighted by atomic mass is 32.2. The van der Waals surface area contributed by atoms with E-state index in [-0.39, 0.29) is 29.1 Å². The molecule has 1 aromatic carbocycles. The minimum atomic E-state index is -3.03. The van der Waals surface area contributed by atoms with Crippen molar-refractivity contribution in [3.63, 3.8) is 0 Å². The summed E-state index contributed by atoms with van der Waals surface area (Å²) in [5.41, 5.74) is 0.953. The molecule has 1 saturated heterocycles. The highest BCUT2D eigenvalue weighted by molar-refractivity contribution is 7.99. The fourth-order valence-corrected chi connectivity index (χ4v) is 6.43. The summed E-state index contributed by atoms with van der Waals surface area (Å²) in [6, 6.07) is 5.68. The van der Waals surface area contributed by atoms with Crippen LogP contribution in [0.3, 0.4) is 0 Å². The molecule has 1 unspecified atom stereocenters. The Bertz CT molecular complexity index is 1120. The van der Waals surface area contributed by atoms with Gasteiger partial charge in [-0.1, -0.05) is 23.9 Å². The molecule has 172 valence electrons. The largest absolute Gasteiger partial charge is 0.486 e. The molecule has 11 heteroatoms. The first-order chi connectivity index (χ1) is 15.4. The fourth-order valence-electron chi connectivity index (χ4n) is 3.79. The second kappa shape index (κ2) is 9.53. The van der Waals surface area contributed by atoms with Crippen LogP contribution in [0.5, 0.6) is 11.5 Å². The quantitative estimate of drug-likeness (QED) is 0.419. The van der Waals surface area contributed by atoms with Crippen molar-refractivity contribution in [2.45, 2.75) is 30.6 Å². The van der Waals surface area contributed by atoms with E-state index in [9.17, 15) is 13.2 Å². The van der Waals surface area contributed by atoms with Crippen LogP contribution in [0, 0.1) is 0 Å². The Labute approximate surface area is 191 Å². The lowest BCUT2D eigenvalue weighted by molar-refractivity contribution is -0.127. The van der Waals surface area contributed by atoms with E-state index in [0.29, 0.717) is 49.5 Å². The molecule has 0 N–H and O–H groups in total. The summed E-state index contributed by atoms with van der Waals surface area (Å²) in [4.78, 5) is 14.4. The molecule has 1 amide bonds. The lowest BCUT2D eigenvalue weighted by atomic mass is 10.1. The second-order valence-corrected chi connectivity index (χ2v) is 11.0. The third-order valence-electron chi connectivity index (χ3n) is 5.43. The molecule has 2 aromatic rings. The van der Waals surface area contributed by atoms with Crippen molar-refractivity contribution in [2.24, 2.45) is 0 Å². The first-order valence-electron chi connectivity index (χ1n) is 10.4. The minimum Gasteiger partial charge on any atom is -0.486 e. The molecule has 3 heterocycles. The van der Waals surface area contributed by atoms with Crippen molar-refractivity contribution in [1.29, 1.82) is 0 Å². The molecular formula is C21H26N4O5S2. The highest BCUT2D eigenvalue weighted by Crippen LogP contribution is 2.32. The van der Waals surface area contributed by atoms with Crippen LogP contribution in [0.15, 0.2) is 36.0 Å². The topological polar surface area (TPSA) is 104 Å². The molecule has 0 bridgehead atoms. The Hall–Kier alpha value is -2.53. The first-order valence-corrected chi connectivity index (χ1v) is 13.2. The Morgan fingerprint density at radius 1 is 1.31 bits per heavy atom. The smallest absolute Gasteiger partial charge is 0.233 e. The van der Waals surface area contributed by atoms with E-state index in [1.807, 2.05) is 22.8 Å². The number of aromatic nitrogens is 3. The lowest BCUT2D eigenvalue weighted by Gasteiger charge is -2.21. The summed E-state index contributed by atoms with van der Waals surface area (Å²) in [6.07, 6.45) is 2.26. The SMILES string of the molecule is C=CCn1c(SCC(=O)N(C)Cc2ccc3c(c2)OCCO3)nnc1C1CCS(=O)(=O)C1. The van der Waals surface area contributed by atoms with Gasteiger partial charge in [-0.05, 0) is 24.1 Å². The van der Waals surface area contributed by atoms with E-state index >= 15 is 0 Å². The van der Waals surface area contributed by atoms with Gasteiger partial charge in [0.25, 0.3) is 0 Å². The van der Waals surface area contributed by atoms with Gasteiger partial charge in [0.2, 0.25) is 5.91 Å². The summed E-state index contributed by atoms with van der Waals surface area (Å²) < 4.78 is 36.7. The number of allylic oxidation sites excluding steroid dienone is 1. The van der Waals surface area contributed by atoms with E-state index in [1.54, 1.807) is 18.0 Å². The number of ether oxygens (including phenoxy) is 2. The van der Waals surface area contributed by atoms with Crippen LogP contribution in [0.1, 0.15) is 23.7 Å². The molecule has 1 fully saturated rings. The van der Waals surface area contributed by atoms with Crippen molar-refractivity contribution in [1.82, 2.24) is 19.7 Å². The van der Waals surface area contributed by atoms with Gasteiger partial charge >= 0.3 is 0 Å². The van der Waals surface area contributed by atoms with Crippen LogP contribution >= 0.6 is 11.8 Å². The number of carbonyl (C=O) groups is 1. The lowest BCUT2D eigenvalue weighted by Crippen LogP contribution is -2.28. The Balaban J connectivity index is 1.38. The van der Waals surface area contributed by atoms with Gasteiger partial charge in [0.1, 0.15) is 19.0 Å². The van der Waals surface area contributed by atoms with Crippen LogP contribution < -0.4 is 9.47 Å². The van der Waals surface area contributed by atoms with Gasteiger partial charge in [-0.3, -0.25) is 4.79 Å². The molecule has 4 rings (SSSR count). The number of hydrogen-bond donors (Lipinski definition) is 0. The van der Waals surface area contributed by atoms with Crippen molar-refractivity contribution in [3.05, 3.63) is 42.2 Å². The maximum absolute atomic E-state index is 12.7. The molecule has 2 aliphatic heterocycles. The molecule has 2 aliphatic rings. The van der Waals surface area contributed by atoms with Crippen molar-refractivity contribution < 1.29 is 22.7 Å². The van der Waals surface area contributed by atoms with E-state index in [0.717, 1.165) is 11.3 Å². The van der Waals surface area contributed by atoms with Crippen LogP contribution in [-0.4, -0.2) is 71.5 Å². The van der Waals surface area contributed by atoms with Gasteiger partial charge in [0, 0.05) is 26.1 Å². The number of nitrogens with zero attached hydrogens (tertiary/aromatic N) is 4. The molecule has 32 heavy (non-hydrogen) atoms. The minimum absolute atomic E-state index is 0.0527. The zero-order valence-corrected chi connectivity index (χ0v) is 19.5. The van der Waals surface area contributed by atoms with Crippen LogP contribution in [0.25, 0.3) is 0 Å². The standard InChI is InChI=1S/C21H26N4O5S2/c1-3-7-25-20(16-6-10-32(27,28)14-16)22-23-21(25)31-13-19(26)24(2)12-15-4-5-17-18(11-15)30-9-8-29-17/h3-5,11,16H,1,6-10,12-14H2,2H3. The van der Waals surface area contributed by atoms with Gasteiger partial charge in [0.05, 0.1) is 17.3 Å². The number of sulfone groups is 1. The second-order valence-electron chi connectivity index (χ2n) is 7.86. The van der Waals surface area contributed by atoms with Gasteiger partial charge in [-0.25, -0.2) is 8.42 Å². The Morgan fingerprint density at radius 2 is 2.09 bits per heavy atom. The predicted molar refractivity (Wildman–Crippen MR) is 121 cm³/mol. The monoisotopic (exact) mass is 478 g/mol. The normalized spacial score (nSPS) is 19.0. The van der Waals surface area contributed by atoms with E-state index in [4.69, 9.17) is 9.47 Å². The highest BCUT2D eigenvalue weighted by Gasteiger charge is 2.33. The number of fused-ring (bicyclic) bond motifs is 1. The van der Waals surface area contributed by atoms with Crippen LogP contribution in [0.2, 0.25) is 0 Å². The summed E-state index contributed by atoms with van der Waals surface area (Å²) in [7, 11) is -1.28. The molecule has 1 atom stereocenters. The zero-order valence-electron chi connectivity index (χ0n) is 17.9. The van der Waals surface area contributed by atoms with E-state index in [1.165, 1.54) is 11.8 Å². The van der Waals surface area contributed by atoms with E-state index in [2.05, 4.69) is 16.8 Å². The number of thioether (sulfide) groups is 1. The average molecular weight is 479 g/mol. The maximum Gasteiger partial charge on any atom is 0.233 e. The van der Waals surface area contributed by atoms with Crippen LogP contribution in [0.4, 0.5) is 0 Å². The number of carbonyl (C=O) groups excluding carboxylic acids is 1. The van der Waals surface area contributed by atoms with Crippen molar-refractivity contribution >= 4 is 27.5 Å². The Kier molecular flexibility index (Phi) is 6.75. The maximum atomic E-state index is 12.7. The number of hydrogen-bond acceptors (Lipinski definition) is 8. The molecule has 9 nitrogen and oxygen atoms in total. The average Bonchev–Trinajstić information content (AvgIpc) is 3.34. The summed E-state index contributed by atoms with van der Waals surface area (Å²) in [5.74, 6) is 2.29. The molecule has 0 aliphatic carbocycles. The van der Waals surface area contributed by atoms with Crippen molar-refractivity contribution in [2.75, 3.05) is 37.5 Å². The summed E-state index contributed by atoms with van der Waals surface area (Å²) in [6.45, 7) is 5.74. The van der Waals surface area contributed by atoms with Gasteiger partial charge in [-0.15, -0.1) is 16.8 Å². The number of amides is 1. The molecule has 1 aromatic heterocycles.